The number of aromatic amines is 1. The first kappa shape index (κ1) is 24.2. The second-order valence-corrected chi connectivity index (χ2v) is 8.48. The highest BCUT2D eigenvalue weighted by molar-refractivity contribution is 5.95. The number of H-pyrrole nitrogens is 1. The fourth-order valence-corrected chi connectivity index (χ4v) is 4.44. The Morgan fingerprint density at radius 1 is 1.11 bits per heavy atom. The number of benzene rings is 1. The van der Waals surface area contributed by atoms with Gasteiger partial charge in [-0.1, -0.05) is 12.1 Å². The normalized spacial score (nSPS) is 17.1. The SMILES string of the molecule is CCOC(=O)c1nn(Cc2ccc(F)cc2)c2c1CN(C(=O)c1ccc[nH]1)C[C@]2(C)C(=O)OCC. The van der Waals surface area contributed by atoms with Gasteiger partial charge in [0.2, 0.25) is 0 Å². The highest BCUT2D eigenvalue weighted by Crippen LogP contribution is 2.38. The summed E-state index contributed by atoms with van der Waals surface area (Å²) in [6, 6.07) is 9.23. The third kappa shape index (κ3) is 4.55. The van der Waals surface area contributed by atoms with E-state index in [4.69, 9.17) is 9.47 Å². The fourth-order valence-electron chi connectivity index (χ4n) is 4.44. The molecule has 35 heavy (non-hydrogen) atoms. The van der Waals surface area contributed by atoms with E-state index in [-0.39, 0.29) is 50.3 Å². The van der Waals surface area contributed by atoms with Gasteiger partial charge in [-0.3, -0.25) is 14.3 Å². The van der Waals surface area contributed by atoms with Crippen molar-refractivity contribution in [1.82, 2.24) is 19.7 Å². The molecule has 3 heterocycles. The van der Waals surface area contributed by atoms with Gasteiger partial charge in [0, 0.05) is 18.3 Å². The number of aromatic nitrogens is 3. The summed E-state index contributed by atoms with van der Waals surface area (Å²) in [4.78, 5) is 43.8. The Labute approximate surface area is 201 Å². The van der Waals surface area contributed by atoms with Crippen LogP contribution in [0, 0.1) is 5.82 Å². The minimum Gasteiger partial charge on any atom is -0.465 e. The molecule has 0 saturated carbocycles. The van der Waals surface area contributed by atoms with Gasteiger partial charge in [-0.05, 0) is 50.6 Å². The van der Waals surface area contributed by atoms with E-state index in [0.29, 0.717) is 17.0 Å². The Morgan fingerprint density at radius 3 is 2.46 bits per heavy atom. The van der Waals surface area contributed by atoms with Crippen molar-refractivity contribution in [3.63, 3.8) is 0 Å². The zero-order valence-electron chi connectivity index (χ0n) is 19.8. The largest absolute Gasteiger partial charge is 0.465 e. The molecule has 0 bridgehead atoms. The Balaban J connectivity index is 1.86. The maximum Gasteiger partial charge on any atom is 0.359 e. The molecule has 2 aromatic heterocycles. The minimum atomic E-state index is -1.32. The zero-order valence-corrected chi connectivity index (χ0v) is 19.8. The number of esters is 2. The van der Waals surface area contributed by atoms with Crippen molar-refractivity contribution >= 4 is 17.8 Å². The van der Waals surface area contributed by atoms with Gasteiger partial charge < -0.3 is 19.4 Å². The number of carbonyl (C=O) groups excluding carboxylic acids is 3. The average Bonchev–Trinajstić information content (AvgIpc) is 3.49. The van der Waals surface area contributed by atoms with Crippen LogP contribution < -0.4 is 0 Å². The maximum atomic E-state index is 13.5. The zero-order chi connectivity index (χ0) is 25.2. The van der Waals surface area contributed by atoms with Crippen molar-refractivity contribution in [2.45, 2.75) is 39.3 Å². The fraction of sp³-hybridized carbons (Fsp3) is 0.360. The van der Waals surface area contributed by atoms with E-state index in [1.807, 2.05) is 0 Å². The Bertz CT molecular complexity index is 1240. The summed E-state index contributed by atoms with van der Waals surface area (Å²) < 4.78 is 25.6. The van der Waals surface area contributed by atoms with Crippen LogP contribution in [-0.4, -0.2) is 57.3 Å². The molecule has 0 radical (unpaired) electrons. The number of hydrogen-bond donors (Lipinski definition) is 1. The van der Waals surface area contributed by atoms with Crippen LogP contribution in [0.4, 0.5) is 4.39 Å². The molecule has 1 amide bonds. The molecule has 1 aliphatic rings. The molecular formula is C25H27FN4O5. The van der Waals surface area contributed by atoms with Crippen molar-refractivity contribution in [1.29, 1.82) is 0 Å². The molecule has 3 aromatic rings. The van der Waals surface area contributed by atoms with E-state index in [9.17, 15) is 18.8 Å². The monoisotopic (exact) mass is 482 g/mol. The molecule has 1 N–H and O–H groups in total. The summed E-state index contributed by atoms with van der Waals surface area (Å²) >= 11 is 0. The van der Waals surface area contributed by atoms with Gasteiger partial charge in [0.15, 0.2) is 5.69 Å². The van der Waals surface area contributed by atoms with E-state index >= 15 is 0 Å². The van der Waals surface area contributed by atoms with Crippen LogP contribution in [0.1, 0.15) is 58.6 Å². The molecule has 1 atom stereocenters. The van der Waals surface area contributed by atoms with Crippen LogP contribution in [0.25, 0.3) is 0 Å². The van der Waals surface area contributed by atoms with E-state index < -0.39 is 17.4 Å². The lowest BCUT2D eigenvalue weighted by molar-refractivity contribution is -0.150. The molecule has 0 saturated heterocycles. The quantitative estimate of drug-likeness (QED) is 0.519. The van der Waals surface area contributed by atoms with E-state index in [1.165, 1.54) is 17.0 Å². The molecule has 0 fully saturated rings. The third-order valence-corrected chi connectivity index (χ3v) is 5.99. The molecule has 0 spiro atoms. The highest BCUT2D eigenvalue weighted by atomic mass is 19.1. The molecule has 1 aliphatic heterocycles. The number of carbonyl (C=O) groups is 3. The van der Waals surface area contributed by atoms with Gasteiger partial charge in [0.05, 0.1) is 32.0 Å². The summed E-state index contributed by atoms with van der Waals surface area (Å²) in [6.07, 6.45) is 1.64. The number of amides is 1. The number of hydrogen-bond acceptors (Lipinski definition) is 6. The summed E-state index contributed by atoms with van der Waals surface area (Å²) in [5.41, 5.74) is 0.692. The Hall–Kier alpha value is -3.95. The van der Waals surface area contributed by atoms with Crippen molar-refractivity contribution in [3.8, 4) is 0 Å². The molecule has 1 aromatic carbocycles. The van der Waals surface area contributed by atoms with Crippen LogP contribution in [-0.2, 0) is 32.8 Å². The lowest BCUT2D eigenvalue weighted by atomic mass is 9.80. The van der Waals surface area contributed by atoms with Gasteiger partial charge in [0.1, 0.15) is 16.9 Å². The molecule has 184 valence electrons. The molecule has 10 heteroatoms. The summed E-state index contributed by atoms with van der Waals surface area (Å²) in [7, 11) is 0. The predicted molar refractivity (Wildman–Crippen MR) is 123 cm³/mol. The van der Waals surface area contributed by atoms with Crippen LogP contribution in [0.5, 0.6) is 0 Å². The summed E-state index contributed by atoms with van der Waals surface area (Å²) in [6.45, 7) is 5.60. The highest BCUT2D eigenvalue weighted by Gasteiger charge is 2.49. The van der Waals surface area contributed by atoms with E-state index in [1.54, 1.807) is 55.9 Å². The number of fused-ring (bicyclic) bond motifs is 1. The van der Waals surface area contributed by atoms with E-state index in [2.05, 4.69) is 10.1 Å². The van der Waals surface area contributed by atoms with Gasteiger partial charge in [0.25, 0.3) is 5.91 Å². The first-order chi connectivity index (χ1) is 16.8. The second-order valence-electron chi connectivity index (χ2n) is 8.48. The Morgan fingerprint density at radius 2 is 1.83 bits per heavy atom. The number of nitrogens with one attached hydrogen (secondary N) is 1. The lowest BCUT2D eigenvalue weighted by Gasteiger charge is -2.39. The smallest absolute Gasteiger partial charge is 0.359 e. The number of ether oxygens (including phenoxy) is 2. The molecular weight excluding hydrogens is 455 g/mol. The number of nitrogens with zero attached hydrogens (tertiary/aromatic N) is 3. The van der Waals surface area contributed by atoms with Gasteiger partial charge >= 0.3 is 11.9 Å². The van der Waals surface area contributed by atoms with Crippen molar-refractivity contribution in [3.05, 3.63) is 76.6 Å². The topological polar surface area (TPSA) is 107 Å². The van der Waals surface area contributed by atoms with Crippen molar-refractivity contribution in [2.75, 3.05) is 19.8 Å². The summed E-state index contributed by atoms with van der Waals surface area (Å²) in [5.74, 6) is -1.89. The number of halogens is 1. The van der Waals surface area contributed by atoms with Crippen LogP contribution in [0.15, 0.2) is 42.6 Å². The molecule has 4 rings (SSSR count). The van der Waals surface area contributed by atoms with Crippen molar-refractivity contribution in [2.24, 2.45) is 0 Å². The maximum absolute atomic E-state index is 13.5. The van der Waals surface area contributed by atoms with Crippen LogP contribution >= 0.6 is 0 Å². The molecule has 0 unspecified atom stereocenters. The number of rotatable bonds is 7. The Kier molecular flexibility index (Phi) is 6.72. The first-order valence-corrected chi connectivity index (χ1v) is 11.4. The van der Waals surface area contributed by atoms with Gasteiger partial charge in [-0.2, -0.15) is 5.10 Å². The van der Waals surface area contributed by atoms with Crippen molar-refractivity contribution < 1.29 is 28.2 Å². The molecule has 9 nitrogen and oxygen atoms in total. The van der Waals surface area contributed by atoms with Gasteiger partial charge in [-0.25, -0.2) is 9.18 Å². The van der Waals surface area contributed by atoms with Gasteiger partial charge in [-0.15, -0.1) is 0 Å². The standard InChI is InChI=1S/C25H27FN4O5/c1-4-34-23(32)20-18-14-29(22(31)19-7-6-12-27-19)15-25(3,24(33)35-5-2)21(18)30(28-20)13-16-8-10-17(26)11-9-16/h6-12,27H,4-5,13-15H2,1-3H3/t25-/m0/s1. The van der Waals surface area contributed by atoms with Crippen LogP contribution in [0.2, 0.25) is 0 Å². The van der Waals surface area contributed by atoms with E-state index in [0.717, 1.165) is 5.56 Å². The molecule has 0 aliphatic carbocycles. The summed E-state index contributed by atoms with van der Waals surface area (Å²) in [5, 5.41) is 4.52. The minimum absolute atomic E-state index is 0.0219. The predicted octanol–water partition coefficient (Wildman–Crippen LogP) is 3.05. The third-order valence-electron chi connectivity index (χ3n) is 5.99. The first-order valence-electron chi connectivity index (χ1n) is 11.4. The average molecular weight is 483 g/mol. The lowest BCUT2D eigenvalue weighted by Crippen LogP contribution is -2.52. The second kappa shape index (κ2) is 9.73. The van der Waals surface area contributed by atoms with Crippen LogP contribution in [0.3, 0.4) is 0 Å².